The summed E-state index contributed by atoms with van der Waals surface area (Å²) < 4.78 is 12.3. The van der Waals surface area contributed by atoms with Crippen molar-refractivity contribution in [1.82, 2.24) is 4.90 Å². The van der Waals surface area contributed by atoms with Crippen LogP contribution in [0.25, 0.3) is 0 Å². The third-order valence-electron chi connectivity index (χ3n) is 6.71. The van der Waals surface area contributed by atoms with E-state index in [4.69, 9.17) is 21.1 Å². The fourth-order valence-corrected chi connectivity index (χ4v) is 4.87. The third-order valence-corrected chi connectivity index (χ3v) is 6.96. The minimum Gasteiger partial charge on any atom is -0.488 e. The molecule has 0 bridgehead atoms. The topological polar surface area (TPSA) is 42.0 Å². The van der Waals surface area contributed by atoms with Gasteiger partial charge in [0.25, 0.3) is 0 Å². The predicted octanol–water partition coefficient (Wildman–Crippen LogP) is 7.78. The van der Waals surface area contributed by atoms with Gasteiger partial charge < -0.3 is 19.3 Å². The van der Waals surface area contributed by atoms with Crippen molar-refractivity contribution in [3.8, 4) is 5.75 Å². The van der Waals surface area contributed by atoms with Crippen LogP contribution in [-0.4, -0.2) is 42.3 Å². The van der Waals surface area contributed by atoms with Crippen LogP contribution in [0.5, 0.6) is 5.75 Å². The van der Waals surface area contributed by atoms with E-state index in [0.29, 0.717) is 30.6 Å². The highest BCUT2D eigenvalue weighted by Crippen LogP contribution is 2.30. The lowest BCUT2D eigenvalue weighted by Gasteiger charge is -2.30. The Labute approximate surface area is 232 Å². The van der Waals surface area contributed by atoms with Crippen LogP contribution in [0.1, 0.15) is 51.7 Å². The van der Waals surface area contributed by atoms with E-state index >= 15 is 0 Å². The Balaban J connectivity index is 1.60. The fraction of sp³-hybridized carbons (Fsp3) is 0.406. The van der Waals surface area contributed by atoms with Crippen molar-refractivity contribution in [3.63, 3.8) is 0 Å². The molecule has 0 aliphatic carbocycles. The van der Waals surface area contributed by atoms with Gasteiger partial charge in [-0.1, -0.05) is 67.9 Å². The van der Waals surface area contributed by atoms with Gasteiger partial charge in [-0.2, -0.15) is 0 Å². The van der Waals surface area contributed by atoms with E-state index in [1.165, 1.54) is 11.1 Å². The number of carbonyl (C=O) groups excluding carboxylic acids is 1. The largest absolute Gasteiger partial charge is 0.488 e. The number of hydrogen-bond donors (Lipinski definition) is 0. The van der Waals surface area contributed by atoms with Gasteiger partial charge in [-0.05, 0) is 74.2 Å². The van der Waals surface area contributed by atoms with Crippen LogP contribution in [0.15, 0.2) is 78.9 Å². The summed E-state index contributed by atoms with van der Waals surface area (Å²) in [4.78, 5) is 17.2. The monoisotopic (exact) mass is 534 g/mol. The van der Waals surface area contributed by atoms with Crippen molar-refractivity contribution >= 4 is 23.4 Å². The molecule has 3 aromatic carbocycles. The average molecular weight is 535 g/mol. The number of ether oxygens (including phenoxy) is 2. The molecule has 0 saturated carbocycles. The molecule has 1 aliphatic rings. The summed E-state index contributed by atoms with van der Waals surface area (Å²) in [6.45, 7) is 12.5. The molecule has 5 nitrogen and oxygen atoms in total. The minimum atomic E-state index is -0.556. The number of rotatable bonds is 8. The lowest BCUT2D eigenvalue weighted by atomic mass is 10.0. The highest BCUT2D eigenvalue weighted by Gasteiger charge is 2.39. The Bertz CT molecular complexity index is 1190. The summed E-state index contributed by atoms with van der Waals surface area (Å²) in [6, 6.07) is 26.6. The molecule has 1 amide bonds. The quantitative estimate of drug-likeness (QED) is 0.296. The van der Waals surface area contributed by atoms with E-state index in [-0.39, 0.29) is 18.1 Å². The van der Waals surface area contributed by atoms with Crippen molar-refractivity contribution in [2.45, 2.75) is 58.8 Å². The second-order valence-electron chi connectivity index (χ2n) is 11.4. The van der Waals surface area contributed by atoms with E-state index in [1.807, 2.05) is 63.2 Å². The minimum absolute atomic E-state index is 0.0737. The third kappa shape index (κ3) is 7.67. The first kappa shape index (κ1) is 27.8. The highest BCUT2D eigenvalue weighted by atomic mass is 35.5. The molecule has 1 saturated heterocycles. The summed E-state index contributed by atoms with van der Waals surface area (Å²) in [5, 5.41) is 0.705. The lowest BCUT2D eigenvalue weighted by molar-refractivity contribution is 0.0274. The first-order valence-corrected chi connectivity index (χ1v) is 13.7. The lowest BCUT2D eigenvalue weighted by Crippen LogP contribution is -2.37. The number of anilines is 1. The van der Waals surface area contributed by atoms with Crippen LogP contribution in [0, 0.1) is 5.92 Å². The molecule has 2 atom stereocenters. The van der Waals surface area contributed by atoms with Gasteiger partial charge in [0, 0.05) is 36.3 Å². The van der Waals surface area contributed by atoms with Gasteiger partial charge in [0.05, 0.1) is 6.54 Å². The Hall–Kier alpha value is -3.18. The fourth-order valence-electron chi connectivity index (χ4n) is 4.75. The first-order chi connectivity index (χ1) is 18.1. The molecule has 0 N–H and O–H groups in total. The van der Waals surface area contributed by atoms with E-state index in [0.717, 1.165) is 18.0 Å². The zero-order valence-corrected chi connectivity index (χ0v) is 23.8. The van der Waals surface area contributed by atoms with Gasteiger partial charge in [-0.15, -0.1) is 0 Å². The number of amides is 1. The number of likely N-dealkylation sites (tertiary alicyclic amines) is 1. The van der Waals surface area contributed by atoms with Crippen molar-refractivity contribution in [2.24, 2.45) is 5.92 Å². The molecule has 38 heavy (non-hydrogen) atoms. The Kier molecular flexibility index (Phi) is 8.88. The SMILES string of the molecule is CC(C)c1cccc(OC2CN(C(=O)OC(C)(C)C)C[C@@H]2CN(Cc2ccccc2)c2ccc(Cl)cc2)c1. The number of nitrogens with zero attached hydrogens (tertiary/aromatic N) is 2. The Morgan fingerprint density at radius 3 is 2.37 bits per heavy atom. The van der Waals surface area contributed by atoms with Crippen molar-refractivity contribution in [2.75, 3.05) is 24.5 Å². The summed E-state index contributed by atoms with van der Waals surface area (Å²) in [6.07, 6.45) is -0.471. The zero-order valence-electron chi connectivity index (χ0n) is 23.1. The van der Waals surface area contributed by atoms with E-state index in [1.54, 1.807) is 4.90 Å². The molecular weight excluding hydrogens is 496 g/mol. The van der Waals surface area contributed by atoms with Crippen LogP contribution >= 0.6 is 11.6 Å². The van der Waals surface area contributed by atoms with Gasteiger partial charge in [0.2, 0.25) is 0 Å². The van der Waals surface area contributed by atoms with Gasteiger partial charge in [-0.25, -0.2) is 4.79 Å². The predicted molar refractivity (Wildman–Crippen MR) is 155 cm³/mol. The maximum atomic E-state index is 13.1. The molecule has 0 aromatic heterocycles. The van der Waals surface area contributed by atoms with Crippen LogP contribution in [0.3, 0.4) is 0 Å². The Morgan fingerprint density at radius 1 is 1.00 bits per heavy atom. The number of halogens is 1. The maximum Gasteiger partial charge on any atom is 0.410 e. The molecule has 1 unspecified atom stereocenters. The Morgan fingerprint density at radius 2 is 1.71 bits per heavy atom. The molecule has 1 fully saturated rings. The molecule has 4 rings (SSSR count). The smallest absolute Gasteiger partial charge is 0.410 e. The summed E-state index contributed by atoms with van der Waals surface area (Å²) >= 11 is 6.21. The van der Waals surface area contributed by atoms with Crippen molar-refractivity contribution in [1.29, 1.82) is 0 Å². The summed E-state index contributed by atoms with van der Waals surface area (Å²) in [7, 11) is 0. The van der Waals surface area contributed by atoms with Crippen LogP contribution in [-0.2, 0) is 11.3 Å². The molecule has 3 aromatic rings. The normalized spacial score (nSPS) is 17.5. The van der Waals surface area contributed by atoms with Crippen LogP contribution < -0.4 is 9.64 Å². The molecule has 1 aliphatic heterocycles. The molecule has 202 valence electrons. The molecule has 1 heterocycles. The molecule has 0 radical (unpaired) electrons. The summed E-state index contributed by atoms with van der Waals surface area (Å²) in [5.41, 5.74) is 2.97. The van der Waals surface area contributed by atoms with E-state index in [9.17, 15) is 4.79 Å². The average Bonchev–Trinajstić information content (AvgIpc) is 3.26. The second kappa shape index (κ2) is 12.1. The van der Waals surface area contributed by atoms with Crippen LogP contribution in [0.2, 0.25) is 5.02 Å². The van der Waals surface area contributed by atoms with Crippen molar-refractivity contribution < 1.29 is 14.3 Å². The van der Waals surface area contributed by atoms with Crippen LogP contribution in [0.4, 0.5) is 10.5 Å². The van der Waals surface area contributed by atoms with Gasteiger partial charge >= 0.3 is 6.09 Å². The highest BCUT2D eigenvalue weighted by molar-refractivity contribution is 6.30. The first-order valence-electron chi connectivity index (χ1n) is 13.4. The van der Waals surface area contributed by atoms with Gasteiger partial charge in [0.1, 0.15) is 17.5 Å². The number of hydrogen-bond acceptors (Lipinski definition) is 4. The molecule has 0 spiro atoms. The van der Waals surface area contributed by atoms with Gasteiger partial charge in [0.15, 0.2) is 0 Å². The van der Waals surface area contributed by atoms with E-state index < -0.39 is 5.60 Å². The maximum absolute atomic E-state index is 13.1. The molecule has 6 heteroatoms. The number of carbonyl (C=O) groups is 1. The standard InChI is InChI=1S/C32H39ClN2O3/c1-23(2)25-12-9-13-29(18-25)37-30-22-35(31(36)38-32(3,4)5)21-26(30)20-34(19-24-10-7-6-8-11-24)28-16-14-27(33)15-17-28/h6-18,23,26,30H,19-22H2,1-5H3/t26-,30?/m0/s1. The van der Waals surface area contributed by atoms with Crippen molar-refractivity contribution in [3.05, 3.63) is 95.0 Å². The molecular formula is C32H39ClN2O3. The van der Waals surface area contributed by atoms with Gasteiger partial charge in [-0.3, -0.25) is 0 Å². The number of benzene rings is 3. The summed E-state index contributed by atoms with van der Waals surface area (Å²) in [5.74, 6) is 1.31. The zero-order chi connectivity index (χ0) is 27.3. The van der Waals surface area contributed by atoms with E-state index in [2.05, 4.69) is 55.1 Å². The second-order valence-corrected chi connectivity index (χ2v) is 11.8.